The van der Waals surface area contributed by atoms with Crippen molar-refractivity contribution in [2.24, 2.45) is 5.73 Å². The maximum Gasteiger partial charge on any atom is 0.146 e. The number of nitriles is 1. The van der Waals surface area contributed by atoms with Gasteiger partial charge >= 0.3 is 0 Å². The molecule has 80 valence electrons. The molecule has 0 saturated heterocycles. The quantitative estimate of drug-likeness (QED) is 0.821. The lowest BCUT2D eigenvalue weighted by molar-refractivity contribution is 0.577. The fraction of sp³-hybridized carbons (Fsp3) is 0.400. The Morgan fingerprint density at radius 1 is 1.67 bits per heavy atom. The van der Waals surface area contributed by atoms with E-state index in [2.05, 4.69) is 10.3 Å². The van der Waals surface area contributed by atoms with Crippen LogP contribution >= 0.6 is 11.6 Å². The van der Waals surface area contributed by atoms with Crippen molar-refractivity contribution in [3.05, 3.63) is 22.8 Å². The molecule has 5 heteroatoms. The maximum absolute atomic E-state index is 8.78. The lowest BCUT2D eigenvalue weighted by atomic mass is 10.1. The summed E-state index contributed by atoms with van der Waals surface area (Å²) in [5.41, 5.74) is 5.68. The molecule has 1 rings (SSSR count). The molecule has 0 bridgehead atoms. The van der Waals surface area contributed by atoms with Crippen molar-refractivity contribution in [2.45, 2.75) is 19.4 Å². The molecule has 0 unspecified atom stereocenters. The Bertz CT molecular complexity index is 395. The Labute approximate surface area is 94.1 Å². The summed E-state index contributed by atoms with van der Waals surface area (Å²) >= 11 is 5.98. The number of nitrogens with zero attached hydrogens (tertiary/aromatic N) is 2. The van der Waals surface area contributed by atoms with Gasteiger partial charge in [0.05, 0.1) is 5.56 Å². The average molecular weight is 225 g/mol. The Morgan fingerprint density at radius 2 is 2.33 bits per heavy atom. The number of nitrogens with one attached hydrogen (secondary N) is 1. The number of pyridine rings is 1. The first-order chi connectivity index (χ1) is 7.00. The van der Waals surface area contributed by atoms with Crippen LogP contribution < -0.4 is 11.1 Å². The summed E-state index contributed by atoms with van der Waals surface area (Å²) in [6.07, 6.45) is 1.54. The molecule has 0 spiro atoms. The van der Waals surface area contributed by atoms with Gasteiger partial charge in [-0.15, -0.1) is 0 Å². The van der Waals surface area contributed by atoms with Gasteiger partial charge in [0.25, 0.3) is 0 Å². The van der Waals surface area contributed by atoms with Crippen molar-refractivity contribution < 1.29 is 0 Å². The molecule has 3 N–H and O–H groups in total. The van der Waals surface area contributed by atoms with E-state index in [4.69, 9.17) is 22.6 Å². The Balaban J connectivity index is 3.02. The van der Waals surface area contributed by atoms with Gasteiger partial charge in [0.15, 0.2) is 0 Å². The van der Waals surface area contributed by atoms with Crippen molar-refractivity contribution in [1.29, 1.82) is 5.26 Å². The summed E-state index contributed by atoms with van der Waals surface area (Å²) in [4.78, 5) is 4.07. The molecule has 0 fully saturated rings. The predicted molar refractivity (Wildman–Crippen MR) is 60.7 cm³/mol. The molecule has 0 aliphatic rings. The molecular weight excluding hydrogens is 212 g/mol. The first kappa shape index (κ1) is 11.8. The summed E-state index contributed by atoms with van der Waals surface area (Å²) in [5, 5.41) is 12.2. The van der Waals surface area contributed by atoms with Gasteiger partial charge in [-0.2, -0.15) is 5.26 Å². The fourth-order valence-corrected chi connectivity index (χ4v) is 1.19. The number of hydrogen-bond donors (Lipinski definition) is 2. The molecule has 0 aliphatic carbocycles. The monoisotopic (exact) mass is 224 g/mol. The largest absolute Gasteiger partial charge is 0.363 e. The van der Waals surface area contributed by atoms with E-state index in [1.807, 2.05) is 19.9 Å². The van der Waals surface area contributed by atoms with Gasteiger partial charge in [0.1, 0.15) is 16.9 Å². The summed E-state index contributed by atoms with van der Waals surface area (Å²) in [6, 6.07) is 3.57. The van der Waals surface area contributed by atoms with E-state index in [1.165, 1.54) is 0 Å². The highest BCUT2D eigenvalue weighted by Crippen LogP contribution is 2.25. The first-order valence-electron chi connectivity index (χ1n) is 4.53. The number of nitrogens with two attached hydrogens (primary N) is 1. The van der Waals surface area contributed by atoms with Crippen molar-refractivity contribution in [1.82, 2.24) is 4.98 Å². The van der Waals surface area contributed by atoms with Crippen LogP contribution in [0.2, 0.25) is 5.02 Å². The van der Waals surface area contributed by atoms with Crippen molar-refractivity contribution in [2.75, 3.05) is 11.9 Å². The highest BCUT2D eigenvalue weighted by atomic mass is 35.5. The van der Waals surface area contributed by atoms with Crippen LogP contribution in [0.5, 0.6) is 0 Å². The number of halogens is 1. The molecule has 0 aromatic carbocycles. The lowest BCUT2D eigenvalue weighted by Gasteiger charge is -2.25. The number of anilines is 1. The van der Waals surface area contributed by atoms with Crippen molar-refractivity contribution >= 4 is 17.4 Å². The van der Waals surface area contributed by atoms with Crippen LogP contribution in [0.1, 0.15) is 19.4 Å². The van der Waals surface area contributed by atoms with Crippen LogP contribution in [-0.2, 0) is 0 Å². The van der Waals surface area contributed by atoms with Gasteiger partial charge in [-0.3, -0.25) is 0 Å². The fourth-order valence-electron chi connectivity index (χ4n) is 0.989. The topological polar surface area (TPSA) is 74.7 Å². The smallest absolute Gasteiger partial charge is 0.146 e. The van der Waals surface area contributed by atoms with E-state index in [0.717, 1.165) is 0 Å². The minimum Gasteiger partial charge on any atom is -0.363 e. The Morgan fingerprint density at radius 3 is 2.87 bits per heavy atom. The molecule has 0 saturated carbocycles. The highest BCUT2D eigenvalue weighted by Gasteiger charge is 2.18. The molecule has 4 nitrogen and oxygen atoms in total. The maximum atomic E-state index is 8.78. The molecule has 1 aromatic heterocycles. The van der Waals surface area contributed by atoms with Gasteiger partial charge in [-0.25, -0.2) is 4.98 Å². The molecule has 15 heavy (non-hydrogen) atoms. The van der Waals surface area contributed by atoms with Crippen molar-refractivity contribution in [3.8, 4) is 6.07 Å². The van der Waals surface area contributed by atoms with Crippen LogP contribution in [0.15, 0.2) is 12.3 Å². The van der Waals surface area contributed by atoms with E-state index in [1.54, 1.807) is 12.3 Å². The van der Waals surface area contributed by atoms with E-state index in [9.17, 15) is 0 Å². The summed E-state index contributed by atoms with van der Waals surface area (Å²) in [7, 11) is 0. The van der Waals surface area contributed by atoms with Crippen LogP contribution in [-0.4, -0.2) is 17.1 Å². The number of rotatable bonds is 3. The SMILES string of the molecule is CC(C)(CN)Nc1nccc(C#N)c1Cl. The molecule has 1 aromatic rings. The van der Waals surface area contributed by atoms with Crippen LogP contribution in [0.3, 0.4) is 0 Å². The normalized spacial score (nSPS) is 10.9. The molecule has 0 aliphatic heterocycles. The van der Waals surface area contributed by atoms with Crippen LogP contribution in [0.4, 0.5) is 5.82 Å². The molecule has 0 amide bonds. The Kier molecular flexibility index (Phi) is 3.51. The minimum atomic E-state index is -0.301. The van der Waals surface area contributed by atoms with Crippen molar-refractivity contribution in [3.63, 3.8) is 0 Å². The Hall–Kier alpha value is -1.31. The third kappa shape index (κ3) is 2.82. The first-order valence-corrected chi connectivity index (χ1v) is 4.91. The van der Waals surface area contributed by atoms with Gasteiger partial charge < -0.3 is 11.1 Å². The zero-order chi connectivity index (χ0) is 11.5. The highest BCUT2D eigenvalue weighted by molar-refractivity contribution is 6.34. The number of aromatic nitrogens is 1. The van der Waals surface area contributed by atoms with Crippen LogP contribution in [0, 0.1) is 11.3 Å². The third-order valence-electron chi connectivity index (χ3n) is 1.98. The van der Waals surface area contributed by atoms with E-state index in [0.29, 0.717) is 22.9 Å². The minimum absolute atomic E-state index is 0.301. The average Bonchev–Trinajstić information content (AvgIpc) is 2.21. The van der Waals surface area contributed by atoms with Crippen LogP contribution in [0.25, 0.3) is 0 Å². The summed E-state index contributed by atoms with van der Waals surface area (Å²) < 4.78 is 0. The second-order valence-corrected chi connectivity index (χ2v) is 4.22. The predicted octanol–water partition coefficient (Wildman–Crippen LogP) is 1.76. The number of hydrogen-bond acceptors (Lipinski definition) is 4. The molecule has 0 radical (unpaired) electrons. The van der Waals surface area contributed by atoms with E-state index in [-0.39, 0.29) is 5.54 Å². The molecular formula is C10H13ClN4. The molecule has 1 heterocycles. The second kappa shape index (κ2) is 4.47. The third-order valence-corrected chi connectivity index (χ3v) is 2.36. The zero-order valence-corrected chi connectivity index (χ0v) is 9.47. The van der Waals surface area contributed by atoms with Gasteiger partial charge in [-0.05, 0) is 19.9 Å². The van der Waals surface area contributed by atoms with Gasteiger partial charge in [0.2, 0.25) is 0 Å². The molecule has 0 atom stereocenters. The standard InChI is InChI=1S/C10H13ClN4/c1-10(2,6-13)15-9-8(11)7(5-12)3-4-14-9/h3-4H,6,13H2,1-2H3,(H,14,15). The zero-order valence-electron chi connectivity index (χ0n) is 8.71. The van der Waals surface area contributed by atoms with E-state index < -0.39 is 0 Å². The summed E-state index contributed by atoms with van der Waals surface area (Å²) in [5.74, 6) is 0.492. The van der Waals surface area contributed by atoms with Gasteiger partial charge in [0, 0.05) is 18.3 Å². The lowest BCUT2D eigenvalue weighted by Crippen LogP contribution is -2.39. The van der Waals surface area contributed by atoms with Gasteiger partial charge in [-0.1, -0.05) is 11.6 Å². The van der Waals surface area contributed by atoms with E-state index >= 15 is 0 Å². The second-order valence-electron chi connectivity index (χ2n) is 3.85. The summed E-state index contributed by atoms with van der Waals surface area (Å²) in [6.45, 7) is 4.32.